The minimum Gasteiger partial charge on any atom is -0.491 e. The minimum absolute atomic E-state index is 0.181. The Morgan fingerprint density at radius 1 is 1.29 bits per heavy atom. The Bertz CT molecular complexity index is 1250. The predicted molar refractivity (Wildman–Crippen MR) is 135 cm³/mol. The van der Waals surface area contributed by atoms with Crippen molar-refractivity contribution in [3.05, 3.63) is 42.0 Å². The van der Waals surface area contributed by atoms with Crippen molar-refractivity contribution in [1.29, 1.82) is 5.41 Å². The number of benzene rings is 1. The van der Waals surface area contributed by atoms with Gasteiger partial charge < -0.3 is 25.1 Å². The van der Waals surface area contributed by atoms with Crippen LogP contribution in [0.5, 0.6) is 5.75 Å². The van der Waals surface area contributed by atoms with Crippen LogP contribution in [-0.4, -0.2) is 79.4 Å². The second kappa shape index (κ2) is 9.63. The lowest BCUT2D eigenvalue weighted by Crippen LogP contribution is -2.57. The van der Waals surface area contributed by atoms with Gasteiger partial charge in [-0.3, -0.25) is 4.90 Å². The largest absolute Gasteiger partial charge is 0.491 e. The van der Waals surface area contributed by atoms with Crippen LogP contribution in [0.15, 0.2) is 30.6 Å². The molecule has 0 spiro atoms. The lowest BCUT2D eigenvalue weighted by Gasteiger charge is -2.39. The Morgan fingerprint density at radius 2 is 2.11 bits per heavy atom. The number of ether oxygens (including phenoxy) is 1. The summed E-state index contributed by atoms with van der Waals surface area (Å²) in [6.45, 7) is 9.95. The van der Waals surface area contributed by atoms with Gasteiger partial charge in [0.1, 0.15) is 29.7 Å². The number of likely N-dealkylation sites (tertiary alicyclic amines) is 1. The van der Waals surface area contributed by atoms with Gasteiger partial charge in [0.05, 0.1) is 24.8 Å². The molecule has 4 heterocycles. The average molecular weight is 477 g/mol. The fourth-order valence-corrected chi connectivity index (χ4v) is 4.55. The number of β-amino-alcohol motifs (C(OH)–C–C–N with tert-alkyl or cyclic N) is 1. The van der Waals surface area contributed by atoms with Crippen LogP contribution in [0.3, 0.4) is 0 Å². The molecule has 5 rings (SSSR count). The number of aliphatic hydroxyl groups is 1. The van der Waals surface area contributed by atoms with E-state index in [1.807, 2.05) is 42.2 Å². The molecule has 10 nitrogen and oxygen atoms in total. The molecule has 1 aromatic carbocycles. The van der Waals surface area contributed by atoms with Crippen molar-refractivity contribution < 1.29 is 9.84 Å². The average Bonchev–Trinajstić information content (AvgIpc) is 3.37. The molecule has 0 unspecified atom stereocenters. The summed E-state index contributed by atoms with van der Waals surface area (Å²) in [7, 11) is 0. The van der Waals surface area contributed by atoms with Gasteiger partial charge in [-0.1, -0.05) is 6.07 Å². The van der Waals surface area contributed by atoms with Gasteiger partial charge in [-0.15, -0.1) is 0 Å². The summed E-state index contributed by atoms with van der Waals surface area (Å²) in [5.74, 6) is 3.09. The molecule has 0 radical (unpaired) electrons. The quantitative estimate of drug-likeness (QED) is 0.427. The molecule has 2 aromatic heterocycles. The molecule has 184 valence electrons. The van der Waals surface area contributed by atoms with Crippen molar-refractivity contribution in [2.45, 2.75) is 39.4 Å². The number of nitrogens with zero attached hydrogens (tertiary/aromatic N) is 6. The number of aliphatic hydroxyl groups excluding tert-OH is 1. The number of aryl methyl sites for hydroxylation is 1. The summed E-state index contributed by atoms with van der Waals surface area (Å²) in [5, 5.41) is 24.9. The van der Waals surface area contributed by atoms with Gasteiger partial charge >= 0.3 is 0 Å². The van der Waals surface area contributed by atoms with Gasteiger partial charge in [0.25, 0.3) is 0 Å². The van der Waals surface area contributed by atoms with Crippen molar-refractivity contribution >= 4 is 11.8 Å². The monoisotopic (exact) mass is 476 g/mol. The fraction of sp³-hybridized carbons (Fsp3) is 0.440. The summed E-state index contributed by atoms with van der Waals surface area (Å²) in [4.78, 5) is 11.8. The summed E-state index contributed by atoms with van der Waals surface area (Å²) in [5.41, 5.74) is 3.41. The van der Waals surface area contributed by atoms with Crippen LogP contribution in [0, 0.1) is 12.3 Å². The second-order valence-electron chi connectivity index (χ2n) is 9.31. The highest BCUT2D eigenvalue weighted by Crippen LogP contribution is 2.35. The Morgan fingerprint density at radius 3 is 2.86 bits per heavy atom. The Labute approximate surface area is 204 Å². The number of imidazole rings is 1. The van der Waals surface area contributed by atoms with Crippen molar-refractivity contribution in [1.82, 2.24) is 34.5 Å². The highest BCUT2D eigenvalue weighted by atomic mass is 16.5. The molecule has 1 saturated heterocycles. The summed E-state index contributed by atoms with van der Waals surface area (Å²) < 4.78 is 10.1. The molecule has 2 aliphatic rings. The van der Waals surface area contributed by atoms with Crippen molar-refractivity contribution in [3.8, 4) is 28.7 Å². The molecular weight excluding hydrogens is 444 g/mol. The van der Waals surface area contributed by atoms with Crippen LogP contribution < -0.4 is 10.1 Å². The van der Waals surface area contributed by atoms with Gasteiger partial charge in [-0.25, -0.2) is 14.6 Å². The summed E-state index contributed by atoms with van der Waals surface area (Å²) in [6.07, 6.45) is 5.28. The number of hydrogen-bond acceptors (Lipinski definition) is 8. The van der Waals surface area contributed by atoms with E-state index < -0.39 is 0 Å². The van der Waals surface area contributed by atoms with Crippen molar-refractivity contribution in [3.63, 3.8) is 0 Å². The van der Waals surface area contributed by atoms with Crippen LogP contribution in [0.1, 0.15) is 31.3 Å². The topological polar surface area (TPSA) is 117 Å². The number of aromatic nitrogens is 5. The summed E-state index contributed by atoms with van der Waals surface area (Å²) in [6, 6.07) is 6.52. The van der Waals surface area contributed by atoms with Gasteiger partial charge in [-0.05, 0) is 38.5 Å². The number of rotatable bonds is 8. The molecule has 0 saturated carbocycles. The van der Waals surface area contributed by atoms with E-state index in [9.17, 15) is 0 Å². The molecular formula is C25H32N8O2. The molecule has 1 fully saturated rings. The zero-order valence-corrected chi connectivity index (χ0v) is 20.4. The number of allylic oxidation sites excluding steroid dienone is 1. The Hall–Kier alpha value is -3.50. The molecule has 3 N–H and O–H groups in total. The summed E-state index contributed by atoms with van der Waals surface area (Å²) >= 11 is 0. The van der Waals surface area contributed by atoms with Gasteiger partial charge in [0, 0.05) is 49.9 Å². The fourth-order valence-electron chi connectivity index (χ4n) is 4.55. The lowest BCUT2D eigenvalue weighted by atomic mass is 10.0. The smallest absolute Gasteiger partial charge is 0.178 e. The number of fused-ring (bicyclic) bond motifs is 3. The number of hydrogen-bond donors (Lipinski definition) is 3. The van der Waals surface area contributed by atoms with E-state index >= 15 is 0 Å². The van der Waals surface area contributed by atoms with E-state index in [0.29, 0.717) is 25.7 Å². The zero-order valence-electron chi connectivity index (χ0n) is 20.4. The van der Waals surface area contributed by atoms with E-state index in [1.54, 1.807) is 0 Å². The second-order valence-corrected chi connectivity index (χ2v) is 9.31. The predicted octanol–water partition coefficient (Wildman–Crippen LogP) is 2.35. The molecule has 10 heteroatoms. The molecule has 0 bridgehead atoms. The van der Waals surface area contributed by atoms with E-state index in [0.717, 1.165) is 58.7 Å². The first-order chi connectivity index (χ1) is 17.0. The van der Waals surface area contributed by atoms with Crippen LogP contribution >= 0.6 is 0 Å². The maximum Gasteiger partial charge on any atom is 0.178 e. The van der Waals surface area contributed by atoms with E-state index in [4.69, 9.17) is 20.2 Å². The molecule has 0 atom stereocenters. The van der Waals surface area contributed by atoms with E-state index in [-0.39, 0.29) is 12.6 Å². The highest BCUT2D eigenvalue weighted by molar-refractivity contribution is 6.08. The van der Waals surface area contributed by atoms with Crippen LogP contribution in [0.2, 0.25) is 0 Å². The first kappa shape index (κ1) is 23.3. The third-order valence-corrected chi connectivity index (χ3v) is 6.38. The van der Waals surface area contributed by atoms with Crippen LogP contribution in [0.25, 0.3) is 28.5 Å². The normalized spacial score (nSPS) is 16.3. The van der Waals surface area contributed by atoms with E-state index in [1.165, 1.54) is 6.21 Å². The highest BCUT2D eigenvalue weighted by Gasteiger charge is 2.25. The first-order valence-corrected chi connectivity index (χ1v) is 12.0. The Kier molecular flexibility index (Phi) is 6.40. The molecule has 0 aliphatic carbocycles. The Balaban J connectivity index is 1.41. The van der Waals surface area contributed by atoms with Gasteiger partial charge in [-0.2, -0.15) is 5.10 Å². The molecule has 2 aliphatic heterocycles. The van der Waals surface area contributed by atoms with Gasteiger partial charge in [0.2, 0.25) is 0 Å². The molecule has 3 aromatic rings. The van der Waals surface area contributed by atoms with Gasteiger partial charge in [0.15, 0.2) is 5.82 Å². The SMILES string of the molecule is Cc1nc(-c2cn3c(n2)-c2ccc(/C(C=N)=C/NC4CN(CCO)C4)cc2OCC3)n(C(C)C)n1. The third kappa shape index (κ3) is 4.59. The molecule has 0 amide bonds. The zero-order chi connectivity index (χ0) is 24.5. The maximum atomic E-state index is 9.04. The maximum absolute atomic E-state index is 9.04. The van der Waals surface area contributed by atoms with E-state index in [2.05, 4.69) is 38.7 Å². The van der Waals surface area contributed by atoms with Crippen LogP contribution in [0.4, 0.5) is 0 Å². The van der Waals surface area contributed by atoms with Crippen molar-refractivity contribution in [2.24, 2.45) is 0 Å². The van der Waals surface area contributed by atoms with Crippen LogP contribution in [-0.2, 0) is 6.54 Å². The first-order valence-electron chi connectivity index (χ1n) is 12.0. The lowest BCUT2D eigenvalue weighted by molar-refractivity contribution is 0.107. The number of nitrogens with one attached hydrogen (secondary N) is 2. The minimum atomic E-state index is 0.181. The standard InChI is InChI=1S/C25H32N8O2/c1-16(2)33-25(28-17(3)30-33)22-15-32-7-9-35-23-10-18(4-5-21(23)24(32)29-22)19(11-26)12-27-20-13-31(14-20)6-8-34/h4-5,10-12,15-16,20,26-27,34H,6-9,13-14H2,1-3H3/b19-12+,26-11?. The third-order valence-electron chi connectivity index (χ3n) is 6.38. The molecule has 35 heavy (non-hydrogen) atoms. The van der Waals surface area contributed by atoms with Crippen molar-refractivity contribution in [2.75, 3.05) is 32.8 Å².